The number of carbonyl (C=O) groups is 2. The molecule has 0 aromatic carbocycles. The third-order valence-electron chi connectivity index (χ3n) is 14.8. The first-order valence-electron chi connectivity index (χ1n) is 32.4. The number of nitrogens with one attached hydrogen (secondary N) is 1. The summed E-state index contributed by atoms with van der Waals surface area (Å²) < 4.78 is 5.49. The summed E-state index contributed by atoms with van der Waals surface area (Å²) >= 11 is 0. The molecule has 428 valence electrons. The molecule has 1 amide bonds. The number of aliphatic hydroxyl groups is 2. The monoisotopic (exact) mass is 1020 g/mol. The molecule has 3 N–H and O–H groups in total. The lowest BCUT2D eigenvalue weighted by Gasteiger charge is -2.20. The molecule has 0 aliphatic heterocycles. The van der Waals surface area contributed by atoms with Crippen LogP contribution in [0.25, 0.3) is 0 Å². The number of rotatable bonds is 60. The molecular weight excluding hydrogens is 899 g/mol. The largest absolute Gasteiger partial charge is 0.466 e. The Hall–Kier alpha value is -2.18. The highest BCUT2D eigenvalue weighted by atomic mass is 16.5. The number of esters is 1. The predicted octanol–water partition coefficient (Wildman–Crippen LogP) is 20.5. The molecule has 0 spiro atoms. The van der Waals surface area contributed by atoms with Crippen LogP contribution in [0.1, 0.15) is 341 Å². The fourth-order valence-electron chi connectivity index (χ4n) is 9.84. The normalized spacial score (nSPS) is 12.9. The maximum atomic E-state index is 12.5. The van der Waals surface area contributed by atoms with Crippen LogP contribution in [0, 0.1) is 0 Å². The average Bonchev–Trinajstić information content (AvgIpc) is 3.39. The second kappa shape index (κ2) is 62.4. The van der Waals surface area contributed by atoms with Crippen LogP contribution >= 0.6 is 0 Å². The van der Waals surface area contributed by atoms with Gasteiger partial charge in [-0.25, -0.2) is 0 Å². The topological polar surface area (TPSA) is 95.9 Å². The van der Waals surface area contributed by atoms with E-state index in [2.05, 4.69) is 55.6 Å². The van der Waals surface area contributed by atoms with E-state index < -0.39 is 12.1 Å². The van der Waals surface area contributed by atoms with Crippen molar-refractivity contribution in [2.75, 3.05) is 13.2 Å². The van der Waals surface area contributed by atoms with Crippen molar-refractivity contribution in [2.45, 2.75) is 353 Å². The summed E-state index contributed by atoms with van der Waals surface area (Å²) in [7, 11) is 0. The van der Waals surface area contributed by atoms with Gasteiger partial charge < -0.3 is 20.3 Å². The van der Waals surface area contributed by atoms with Gasteiger partial charge in [0.05, 0.1) is 25.4 Å². The maximum absolute atomic E-state index is 12.5. The molecule has 0 bridgehead atoms. The van der Waals surface area contributed by atoms with Crippen molar-refractivity contribution in [3.8, 4) is 0 Å². The summed E-state index contributed by atoms with van der Waals surface area (Å²) in [5.74, 6) is -0.0701. The number of ether oxygens (including phenoxy) is 1. The zero-order valence-corrected chi connectivity index (χ0v) is 48.9. The molecule has 73 heavy (non-hydrogen) atoms. The van der Waals surface area contributed by atoms with Gasteiger partial charge in [0.15, 0.2) is 0 Å². The molecular formula is C67H125NO5. The average molecular weight is 1020 g/mol. The fraction of sp³-hybridized carbons (Fsp3) is 0.851. The van der Waals surface area contributed by atoms with Crippen LogP contribution in [-0.2, 0) is 14.3 Å². The van der Waals surface area contributed by atoms with Crippen LogP contribution in [0.2, 0.25) is 0 Å². The summed E-state index contributed by atoms with van der Waals surface area (Å²) in [6, 6.07) is -0.633. The van der Waals surface area contributed by atoms with E-state index in [1.165, 1.54) is 257 Å². The van der Waals surface area contributed by atoms with Gasteiger partial charge in [-0.1, -0.05) is 287 Å². The summed E-state index contributed by atoms with van der Waals surface area (Å²) in [5.41, 5.74) is 0. The molecule has 0 saturated carbocycles. The van der Waals surface area contributed by atoms with E-state index in [0.29, 0.717) is 19.4 Å². The van der Waals surface area contributed by atoms with Gasteiger partial charge in [0.25, 0.3) is 0 Å². The molecule has 0 aliphatic rings. The van der Waals surface area contributed by atoms with Crippen LogP contribution in [0.5, 0.6) is 0 Å². The summed E-state index contributed by atoms with van der Waals surface area (Å²) in [5, 5.41) is 23.1. The van der Waals surface area contributed by atoms with Gasteiger partial charge in [0.1, 0.15) is 0 Å². The molecule has 0 aromatic rings. The summed E-state index contributed by atoms with van der Waals surface area (Å²) in [6.45, 7) is 4.89. The van der Waals surface area contributed by atoms with Crippen LogP contribution in [-0.4, -0.2) is 47.4 Å². The minimum absolute atomic E-state index is 0.00350. The quantitative estimate of drug-likeness (QED) is 0.0320. The van der Waals surface area contributed by atoms with Gasteiger partial charge in [0, 0.05) is 12.8 Å². The zero-order chi connectivity index (χ0) is 52.9. The van der Waals surface area contributed by atoms with E-state index in [9.17, 15) is 19.8 Å². The molecule has 0 heterocycles. The van der Waals surface area contributed by atoms with Gasteiger partial charge in [-0.05, 0) is 89.9 Å². The number of aliphatic hydroxyl groups excluding tert-OH is 2. The second-order valence-electron chi connectivity index (χ2n) is 22.1. The van der Waals surface area contributed by atoms with E-state index in [0.717, 1.165) is 57.8 Å². The molecule has 0 fully saturated rings. The van der Waals surface area contributed by atoms with E-state index >= 15 is 0 Å². The van der Waals surface area contributed by atoms with Gasteiger partial charge in [0.2, 0.25) is 5.91 Å². The van der Waals surface area contributed by atoms with E-state index in [1.54, 1.807) is 6.08 Å². The Morgan fingerprint density at radius 2 is 0.685 bits per heavy atom. The highest BCUT2D eigenvalue weighted by molar-refractivity contribution is 5.76. The molecule has 0 aliphatic carbocycles. The lowest BCUT2D eigenvalue weighted by molar-refractivity contribution is -0.143. The van der Waals surface area contributed by atoms with Crippen LogP contribution in [0.4, 0.5) is 0 Å². The first kappa shape index (κ1) is 70.8. The first-order chi connectivity index (χ1) is 36.0. The molecule has 0 radical (unpaired) electrons. The highest BCUT2D eigenvalue weighted by Crippen LogP contribution is 2.17. The minimum Gasteiger partial charge on any atom is -0.466 e. The molecule has 0 rings (SSSR count). The smallest absolute Gasteiger partial charge is 0.305 e. The van der Waals surface area contributed by atoms with Gasteiger partial charge in [-0.15, -0.1) is 0 Å². The van der Waals surface area contributed by atoms with Crippen molar-refractivity contribution < 1.29 is 24.5 Å². The maximum Gasteiger partial charge on any atom is 0.305 e. The van der Waals surface area contributed by atoms with Crippen LogP contribution in [0.15, 0.2) is 48.6 Å². The predicted molar refractivity (Wildman–Crippen MR) is 319 cm³/mol. The SMILES string of the molecule is CCCCCC/C=C\C/C=C\CCCCCCCCCC(=O)OCCCCCCCCCCCCCC/C=C\CCCCCCCCCC(=O)NC(CO)C(O)/C=C/CCCCCCCCCCCCCCC. The van der Waals surface area contributed by atoms with Gasteiger partial charge in [-0.3, -0.25) is 9.59 Å². The Bertz CT molecular complexity index is 1230. The summed E-state index contributed by atoms with van der Waals surface area (Å²) in [6.07, 6.45) is 80.1. The van der Waals surface area contributed by atoms with Crippen LogP contribution in [0.3, 0.4) is 0 Å². The standard InChI is InChI=1S/C67H125NO5/c1-3-5-7-9-11-13-15-17-19-20-29-33-37-41-45-49-53-57-61-67(72)73-62-58-54-50-46-42-38-34-30-27-25-23-21-22-24-26-28-32-36-40-44-48-52-56-60-66(71)68-64(63-69)65(70)59-55-51-47-43-39-35-31-18-16-14-12-10-8-6-4-2/h13,15,19-20,24,26,55,59,64-65,69-70H,3-12,14,16-18,21-23,25,27-54,56-58,60-63H2,1-2H3,(H,68,71)/b15-13-,20-19-,26-24-,59-55+. The molecule has 2 atom stereocenters. The zero-order valence-electron chi connectivity index (χ0n) is 48.9. The number of amides is 1. The molecule has 0 saturated heterocycles. The number of carbonyl (C=O) groups excluding carboxylic acids is 2. The molecule has 2 unspecified atom stereocenters. The molecule has 0 aromatic heterocycles. The Balaban J connectivity index is 3.43. The van der Waals surface area contributed by atoms with Crippen molar-refractivity contribution in [2.24, 2.45) is 0 Å². The Labute approximate surface area is 455 Å². The Kier molecular flexibility index (Phi) is 60.5. The molecule has 6 nitrogen and oxygen atoms in total. The van der Waals surface area contributed by atoms with Crippen LogP contribution < -0.4 is 5.32 Å². The third-order valence-corrected chi connectivity index (χ3v) is 14.8. The summed E-state index contributed by atoms with van der Waals surface area (Å²) in [4.78, 5) is 24.6. The lowest BCUT2D eigenvalue weighted by atomic mass is 10.0. The Morgan fingerprint density at radius 3 is 1.07 bits per heavy atom. The van der Waals surface area contributed by atoms with Crippen molar-refractivity contribution in [3.63, 3.8) is 0 Å². The lowest BCUT2D eigenvalue weighted by Crippen LogP contribution is -2.45. The third kappa shape index (κ3) is 58.9. The Morgan fingerprint density at radius 1 is 0.384 bits per heavy atom. The number of hydrogen-bond acceptors (Lipinski definition) is 5. The number of unbranched alkanes of at least 4 members (excludes halogenated alkanes) is 43. The highest BCUT2D eigenvalue weighted by Gasteiger charge is 2.18. The fourth-order valence-corrected chi connectivity index (χ4v) is 9.84. The van der Waals surface area contributed by atoms with Gasteiger partial charge in [-0.2, -0.15) is 0 Å². The van der Waals surface area contributed by atoms with Crippen molar-refractivity contribution in [1.29, 1.82) is 0 Å². The molecule has 6 heteroatoms. The van der Waals surface area contributed by atoms with Crippen molar-refractivity contribution in [3.05, 3.63) is 48.6 Å². The van der Waals surface area contributed by atoms with E-state index in [1.807, 2.05) is 6.08 Å². The minimum atomic E-state index is -0.849. The van der Waals surface area contributed by atoms with Crippen molar-refractivity contribution in [1.82, 2.24) is 5.32 Å². The van der Waals surface area contributed by atoms with Crippen molar-refractivity contribution >= 4 is 11.9 Å². The first-order valence-corrected chi connectivity index (χ1v) is 32.4. The number of hydrogen-bond donors (Lipinski definition) is 3. The van der Waals surface area contributed by atoms with Gasteiger partial charge >= 0.3 is 5.97 Å². The second-order valence-corrected chi connectivity index (χ2v) is 22.1. The van der Waals surface area contributed by atoms with E-state index in [4.69, 9.17) is 4.74 Å². The van der Waals surface area contributed by atoms with E-state index in [-0.39, 0.29) is 18.5 Å². The number of allylic oxidation sites excluding steroid dienone is 7.